The highest BCUT2D eigenvalue weighted by molar-refractivity contribution is 6.06. The Morgan fingerprint density at radius 3 is 2.46 bits per heavy atom. The lowest BCUT2D eigenvalue weighted by Gasteiger charge is -2.29. The molecule has 0 bridgehead atoms. The predicted molar refractivity (Wildman–Crippen MR) is 191 cm³/mol. The molecule has 0 saturated carbocycles. The monoisotopic (exact) mass is 716 g/mol. The molecule has 0 radical (unpaired) electrons. The number of rotatable bonds is 10. The molecule has 2 saturated heterocycles. The molecule has 7 rings (SSSR count). The van der Waals surface area contributed by atoms with Crippen LogP contribution >= 0.6 is 0 Å². The van der Waals surface area contributed by atoms with Gasteiger partial charge in [-0.25, -0.2) is 9.97 Å². The Labute approximate surface area is 300 Å². The summed E-state index contributed by atoms with van der Waals surface area (Å²) in [6, 6.07) is 10.0. The number of nitrogens with one attached hydrogen (secondary N) is 2. The number of ether oxygens (including phenoxy) is 1. The standard InChI is InChI=1S/C38H43F3N8O3/c1-4-23-10-8-11-24(5-2)31(23)44-35(50)33-28-15-13-26-21-42-37(45-32(26)34(28)47(3)46-33)43-29-16-14-25(20-30(29)52-38(39,40)41)36(51)49-19-9-12-27(49)22-48-17-6-7-18-48/h8,10-11,14,16,20-21,27H,4-7,9,12-13,15,17-19,22H2,1-3H3,(H,44,50)(H,42,43,45)/t27-/m0/s1. The van der Waals surface area contributed by atoms with E-state index in [1.165, 1.54) is 12.1 Å². The van der Waals surface area contributed by atoms with E-state index in [9.17, 15) is 22.8 Å². The van der Waals surface area contributed by atoms with Crippen LogP contribution in [0.2, 0.25) is 0 Å². The van der Waals surface area contributed by atoms with Crippen LogP contribution in [0.25, 0.3) is 11.4 Å². The van der Waals surface area contributed by atoms with E-state index in [1.54, 1.807) is 22.8 Å². The number of aryl methyl sites for hydroxylation is 4. The molecule has 2 N–H and O–H groups in total. The molecule has 0 unspecified atom stereocenters. The van der Waals surface area contributed by atoms with Gasteiger partial charge in [-0.3, -0.25) is 14.3 Å². The Morgan fingerprint density at radius 1 is 1.00 bits per heavy atom. The van der Waals surface area contributed by atoms with Crippen molar-refractivity contribution >= 4 is 29.1 Å². The fraction of sp³-hybridized carbons (Fsp3) is 0.447. The predicted octanol–water partition coefficient (Wildman–Crippen LogP) is 6.70. The summed E-state index contributed by atoms with van der Waals surface area (Å²) in [7, 11) is 1.73. The van der Waals surface area contributed by atoms with Crippen LogP contribution in [0.5, 0.6) is 5.75 Å². The molecule has 11 nitrogen and oxygen atoms in total. The van der Waals surface area contributed by atoms with Crippen LogP contribution in [0.1, 0.15) is 82.6 Å². The first-order valence-electron chi connectivity index (χ1n) is 18.1. The molecule has 4 heterocycles. The zero-order valence-electron chi connectivity index (χ0n) is 29.6. The smallest absolute Gasteiger partial charge is 0.404 e. The fourth-order valence-corrected chi connectivity index (χ4v) is 7.78. The van der Waals surface area contributed by atoms with Gasteiger partial charge in [0.1, 0.15) is 0 Å². The van der Waals surface area contributed by atoms with Crippen LogP contribution in [0.3, 0.4) is 0 Å². The fourth-order valence-electron chi connectivity index (χ4n) is 7.78. The average molecular weight is 717 g/mol. The number of nitrogens with zero attached hydrogens (tertiary/aromatic N) is 6. The topological polar surface area (TPSA) is 118 Å². The molecule has 2 aromatic carbocycles. The Hall–Kier alpha value is -4.98. The largest absolute Gasteiger partial charge is 0.573 e. The van der Waals surface area contributed by atoms with Crippen LogP contribution in [-0.4, -0.2) is 79.9 Å². The van der Waals surface area contributed by atoms with Gasteiger partial charge in [0.15, 0.2) is 11.4 Å². The van der Waals surface area contributed by atoms with E-state index in [2.05, 4.69) is 30.4 Å². The van der Waals surface area contributed by atoms with Gasteiger partial charge in [0.25, 0.3) is 11.8 Å². The van der Waals surface area contributed by atoms with Crippen LogP contribution < -0.4 is 15.4 Å². The van der Waals surface area contributed by atoms with Crippen molar-refractivity contribution in [3.05, 3.63) is 76.1 Å². The number of hydrogen-bond donors (Lipinski definition) is 2. The number of fused-ring (bicyclic) bond motifs is 3. The zero-order chi connectivity index (χ0) is 36.6. The minimum absolute atomic E-state index is 0.0173. The first-order valence-corrected chi connectivity index (χ1v) is 18.1. The SMILES string of the molecule is CCc1cccc(CC)c1NC(=O)c1nn(C)c2c1CCc1cnc(Nc3ccc(C(=O)N4CCC[C@H]4CN4CCCC4)cc3OC(F)(F)F)nc1-2. The molecule has 14 heteroatoms. The maximum atomic E-state index is 13.7. The van der Waals surface area contributed by atoms with Gasteiger partial charge in [-0.2, -0.15) is 5.10 Å². The highest BCUT2D eigenvalue weighted by Crippen LogP contribution is 2.37. The van der Waals surface area contributed by atoms with E-state index >= 15 is 0 Å². The average Bonchev–Trinajstić information content (AvgIpc) is 3.89. The van der Waals surface area contributed by atoms with Gasteiger partial charge in [-0.1, -0.05) is 32.0 Å². The second-order valence-electron chi connectivity index (χ2n) is 13.7. The number of aromatic nitrogens is 4. The molecule has 274 valence electrons. The summed E-state index contributed by atoms with van der Waals surface area (Å²) in [5, 5.41) is 10.6. The van der Waals surface area contributed by atoms with E-state index in [1.807, 2.05) is 32.0 Å². The second-order valence-corrected chi connectivity index (χ2v) is 13.7. The van der Waals surface area contributed by atoms with E-state index in [0.29, 0.717) is 36.5 Å². The summed E-state index contributed by atoms with van der Waals surface area (Å²) in [6.45, 7) is 7.41. The number of likely N-dealkylation sites (tertiary alicyclic amines) is 2. The minimum Gasteiger partial charge on any atom is -0.404 e. The van der Waals surface area contributed by atoms with Gasteiger partial charge in [-0.15, -0.1) is 13.2 Å². The van der Waals surface area contributed by atoms with Crippen LogP contribution in [0, 0.1) is 0 Å². The van der Waals surface area contributed by atoms with Gasteiger partial charge in [-0.05, 0) is 99.3 Å². The van der Waals surface area contributed by atoms with Crippen molar-refractivity contribution in [3.8, 4) is 17.1 Å². The lowest BCUT2D eigenvalue weighted by atomic mass is 9.93. The van der Waals surface area contributed by atoms with Gasteiger partial charge in [0, 0.05) is 49.2 Å². The summed E-state index contributed by atoms with van der Waals surface area (Å²) in [6.07, 6.45) is 3.22. The number of hydrogen-bond acceptors (Lipinski definition) is 8. The summed E-state index contributed by atoms with van der Waals surface area (Å²) in [4.78, 5) is 40.6. The summed E-state index contributed by atoms with van der Waals surface area (Å²) in [5.74, 6) is -1.17. The van der Waals surface area contributed by atoms with Gasteiger partial charge < -0.3 is 25.2 Å². The van der Waals surface area contributed by atoms with Crippen molar-refractivity contribution in [2.24, 2.45) is 7.05 Å². The van der Waals surface area contributed by atoms with E-state index in [0.717, 1.165) is 92.2 Å². The molecule has 2 aliphatic heterocycles. The number of para-hydroxylation sites is 1. The van der Waals surface area contributed by atoms with Gasteiger partial charge >= 0.3 is 6.36 Å². The minimum atomic E-state index is -5.00. The summed E-state index contributed by atoms with van der Waals surface area (Å²) >= 11 is 0. The number of anilines is 3. The van der Waals surface area contributed by atoms with E-state index in [-0.39, 0.29) is 35.1 Å². The molecule has 1 atom stereocenters. The maximum absolute atomic E-state index is 13.7. The number of carbonyl (C=O) groups excluding carboxylic acids is 2. The molecule has 52 heavy (non-hydrogen) atoms. The van der Waals surface area contributed by atoms with Crippen molar-refractivity contribution in [1.29, 1.82) is 0 Å². The highest BCUT2D eigenvalue weighted by atomic mass is 19.4. The lowest BCUT2D eigenvalue weighted by molar-refractivity contribution is -0.274. The number of carbonyl (C=O) groups is 2. The van der Waals surface area contributed by atoms with Crippen molar-refractivity contribution in [1.82, 2.24) is 29.5 Å². The lowest BCUT2D eigenvalue weighted by Crippen LogP contribution is -2.42. The summed E-state index contributed by atoms with van der Waals surface area (Å²) in [5.41, 5.74) is 5.95. The molecule has 2 fully saturated rings. The molecular weight excluding hydrogens is 673 g/mol. The molecule has 2 amide bonds. The molecule has 0 spiro atoms. The molecule has 4 aromatic rings. The zero-order valence-corrected chi connectivity index (χ0v) is 29.6. The maximum Gasteiger partial charge on any atom is 0.573 e. The van der Waals surface area contributed by atoms with E-state index in [4.69, 9.17) is 4.98 Å². The molecular formula is C38H43F3N8O3. The summed E-state index contributed by atoms with van der Waals surface area (Å²) < 4.78 is 47.1. The van der Waals surface area contributed by atoms with Crippen molar-refractivity contribution < 1.29 is 27.5 Å². The number of amides is 2. The highest BCUT2D eigenvalue weighted by Gasteiger charge is 2.35. The number of alkyl halides is 3. The third-order valence-electron chi connectivity index (χ3n) is 10.3. The third-order valence-corrected chi connectivity index (χ3v) is 10.3. The van der Waals surface area contributed by atoms with E-state index < -0.39 is 12.1 Å². The van der Waals surface area contributed by atoms with Crippen LogP contribution in [0.15, 0.2) is 42.6 Å². The number of benzene rings is 2. The third kappa shape index (κ3) is 7.21. The Kier molecular flexibility index (Phi) is 9.92. The van der Waals surface area contributed by atoms with Crippen molar-refractivity contribution in [2.45, 2.75) is 77.6 Å². The first kappa shape index (κ1) is 35.4. The number of halogens is 3. The molecule has 2 aromatic heterocycles. The van der Waals surface area contributed by atoms with Crippen molar-refractivity contribution in [3.63, 3.8) is 0 Å². The Bertz CT molecular complexity index is 1970. The normalized spacial score (nSPS) is 17.2. The molecule has 1 aliphatic carbocycles. The molecule has 3 aliphatic rings. The van der Waals surface area contributed by atoms with Crippen molar-refractivity contribution in [2.75, 3.05) is 36.8 Å². The van der Waals surface area contributed by atoms with Crippen LogP contribution in [0.4, 0.5) is 30.5 Å². The first-order chi connectivity index (χ1) is 25.0. The Morgan fingerprint density at radius 2 is 1.75 bits per heavy atom. The quantitative estimate of drug-likeness (QED) is 0.186. The Balaban J connectivity index is 1.15. The van der Waals surface area contributed by atoms with Crippen LogP contribution in [-0.2, 0) is 32.7 Å². The van der Waals surface area contributed by atoms with Gasteiger partial charge in [0.2, 0.25) is 5.95 Å². The van der Waals surface area contributed by atoms with Gasteiger partial charge in [0.05, 0.1) is 17.1 Å². The second kappa shape index (κ2) is 14.6.